The van der Waals surface area contributed by atoms with E-state index in [9.17, 15) is 0 Å². The van der Waals surface area contributed by atoms with Crippen molar-refractivity contribution in [1.29, 1.82) is 0 Å². The molecule has 1 heterocycles. The van der Waals surface area contributed by atoms with E-state index >= 15 is 0 Å². The molecule has 0 aliphatic carbocycles. The van der Waals surface area contributed by atoms with E-state index in [4.69, 9.17) is 17.4 Å². The Bertz CT molecular complexity index is 431. The third-order valence-electron chi connectivity index (χ3n) is 2.03. The number of rotatable bonds is 0. The second kappa shape index (κ2) is 2.42. The van der Waals surface area contributed by atoms with Gasteiger partial charge in [0.05, 0.1) is 10.5 Å². The molecule has 2 rings (SSSR count). The van der Waals surface area contributed by atoms with Gasteiger partial charge in [0.15, 0.2) is 0 Å². The van der Waals surface area contributed by atoms with Crippen LogP contribution in [0.15, 0.2) is 24.4 Å². The van der Waals surface area contributed by atoms with E-state index in [2.05, 4.69) is 0 Å². The molecule has 0 fully saturated rings. The quantitative estimate of drug-likeness (QED) is 0.620. The van der Waals surface area contributed by atoms with Gasteiger partial charge in [-0.25, -0.2) is 0 Å². The Labute approximate surface area is 75.5 Å². The normalized spacial score (nSPS) is 10.8. The lowest BCUT2D eigenvalue weighted by molar-refractivity contribution is 1.06. The summed E-state index contributed by atoms with van der Waals surface area (Å²) in [6.45, 7) is 2.02. The molecule has 1 aromatic heterocycles. The predicted octanol–water partition coefficient (Wildman–Crippen LogP) is 2.32. The standard InChI is InChI=1S/C9H9ClN2/c1-6-2-3-8(10)7-4-5-12(11)9(6)7/h2-5H,11H2,1H3. The lowest BCUT2D eigenvalue weighted by atomic mass is 10.2. The molecule has 62 valence electrons. The van der Waals surface area contributed by atoms with E-state index in [1.165, 1.54) is 0 Å². The van der Waals surface area contributed by atoms with Crippen molar-refractivity contribution in [2.24, 2.45) is 0 Å². The van der Waals surface area contributed by atoms with Gasteiger partial charge < -0.3 is 5.84 Å². The predicted molar refractivity (Wildman–Crippen MR) is 51.8 cm³/mol. The van der Waals surface area contributed by atoms with Crippen LogP contribution in [-0.4, -0.2) is 4.68 Å². The van der Waals surface area contributed by atoms with Crippen LogP contribution < -0.4 is 5.84 Å². The van der Waals surface area contributed by atoms with Gasteiger partial charge in [-0.05, 0) is 24.6 Å². The molecule has 0 radical (unpaired) electrons. The van der Waals surface area contributed by atoms with Crippen molar-refractivity contribution in [1.82, 2.24) is 4.68 Å². The Hall–Kier alpha value is -1.15. The van der Waals surface area contributed by atoms with Crippen LogP contribution in [0.3, 0.4) is 0 Å². The zero-order valence-corrected chi connectivity index (χ0v) is 7.47. The molecule has 0 saturated heterocycles. The minimum atomic E-state index is 0.750. The summed E-state index contributed by atoms with van der Waals surface area (Å²) >= 11 is 5.97. The number of aryl methyl sites for hydroxylation is 1. The summed E-state index contributed by atoms with van der Waals surface area (Å²) in [5.41, 5.74) is 2.14. The Morgan fingerprint density at radius 2 is 2.08 bits per heavy atom. The summed E-state index contributed by atoms with van der Waals surface area (Å²) < 4.78 is 1.59. The van der Waals surface area contributed by atoms with Crippen LogP contribution in [0.4, 0.5) is 0 Å². The van der Waals surface area contributed by atoms with Gasteiger partial charge >= 0.3 is 0 Å². The van der Waals surface area contributed by atoms with Crippen molar-refractivity contribution in [3.05, 3.63) is 35.0 Å². The SMILES string of the molecule is Cc1ccc(Cl)c2ccn(N)c12. The lowest BCUT2D eigenvalue weighted by Gasteiger charge is -2.01. The first kappa shape index (κ1) is 7.50. The minimum Gasteiger partial charge on any atom is -0.339 e. The molecule has 2 N–H and O–H groups in total. The first-order valence-corrected chi connectivity index (χ1v) is 4.09. The molecule has 0 bridgehead atoms. The summed E-state index contributed by atoms with van der Waals surface area (Å²) in [6, 6.07) is 5.78. The minimum absolute atomic E-state index is 0.750. The molecule has 3 heteroatoms. The van der Waals surface area contributed by atoms with E-state index in [0.717, 1.165) is 21.5 Å². The molecule has 0 aliphatic heterocycles. The second-order valence-electron chi connectivity index (χ2n) is 2.85. The Morgan fingerprint density at radius 3 is 2.75 bits per heavy atom. The van der Waals surface area contributed by atoms with Crippen molar-refractivity contribution in [3.63, 3.8) is 0 Å². The Kier molecular flexibility index (Phi) is 1.51. The Morgan fingerprint density at radius 1 is 1.33 bits per heavy atom. The second-order valence-corrected chi connectivity index (χ2v) is 3.26. The number of hydrogen-bond acceptors (Lipinski definition) is 1. The number of hydrogen-bond donors (Lipinski definition) is 1. The van der Waals surface area contributed by atoms with E-state index in [-0.39, 0.29) is 0 Å². The average Bonchev–Trinajstić information content (AvgIpc) is 2.42. The number of nitrogen functional groups attached to an aromatic ring is 1. The molecule has 0 spiro atoms. The molecule has 2 nitrogen and oxygen atoms in total. The van der Waals surface area contributed by atoms with Crippen molar-refractivity contribution >= 4 is 22.5 Å². The molecule has 2 aromatic rings. The van der Waals surface area contributed by atoms with Crippen LogP contribution in [0.1, 0.15) is 5.56 Å². The zero-order valence-electron chi connectivity index (χ0n) is 6.71. The number of aromatic nitrogens is 1. The number of nitrogens with zero attached hydrogens (tertiary/aromatic N) is 1. The largest absolute Gasteiger partial charge is 0.339 e. The fourth-order valence-electron chi connectivity index (χ4n) is 1.42. The maximum absolute atomic E-state index is 5.97. The monoisotopic (exact) mass is 180 g/mol. The first-order chi connectivity index (χ1) is 5.70. The highest BCUT2D eigenvalue weighted by Crippen LogP contribution is 2.25. The number of fused-ring (bicyclic) bond motifs is 1. The van der Waals surface area contributed by atoms with Gasteiger partial charge in [-0.2, -0.15) is 0 Å². The average molecular weight is 181 g/mol. The molecule has 0 unspecified atom stereocenters. The summed E-state index contributed by atoms with van der Waals surface area (Å²) in [7, 11) is 0. The molecule has 0 amide bonds. The molecule has 0 atom stereocenters. The summed E-state index contributed by atoms with van der Waals surface area (Å²) in [6.07, 6.45) is 1.81. The van der Waals surface area contributed by atoms with Crippen molar-refractivity contribution in [2.75, 3.05) is 5.84 Å². The van der Waals surface area contributed by atoms with E-state index < -0.39 is 0 Å². The fourth-order valence-corrected chi connectivity index (χ4v) is 1.64. The van der Waals surface area contributed by atoms with Crippen LogP contribution in [0.25, 0.3) is 10.9 Å². The van der Waals surface area contributed by atoms with E-state index in [1.54, 1.807) is 4.68 Å². The topological polar surface area (TPSA) is 30.9 Å². The number of halogens is 1. The molecular formula is C9H9ClN2. The third kappa shape index (κ3) is 0.883. The number of benzene rings is 1. The van der Waals surface area contributed by atoms with Crippen molar-refractivity contribution < 1.29 is 0 Å². The summed E-state index contributed by atoms with van der Waals surface area (Å²) in [5, 5.41) is 1.76. The molecule has 0 saturated carbocycles. The van der Waals surface area contributed by atoms with Gasteiger partial charge in [0.2, 0.25) is 0 Å². The van der Waals surface area contributed by atoms with Crippen molar-refractivity contribution in [3.8, 4) is 0 Å². The number of nitrogens with two attached hydrogens (primary N) is 1. The van der Waals surface area contributed by atoms with Crippen LogP contribution in [0, 0.1) is 6.92 Å². The van der Waals surface area contributed by atoms with Gasteiger partial charge in [0.25, 0.3) is 0 Å². The molecular weight excluding hydrogens is 172 g/mol. The van der Waals surface area contributed by atoms with Crippen LogP contribution in [0.2, 0.25) is 5.02 Å². The Balaban J connectivity index is 2.98. The zero-order chi connectivity index (χ0) is 8.72. The van der Waals surface area contributed by atoms with Gasteiger partial charge in [0.1, 0.15) is 0 Å². The third-order valence-corrected chi connectivity index (χ3v) is 2.36. The van der Waals surface area contributed by atoms with E-state index in [0.29, 0.717) is 0 Å². The maximum atomic E-state index is 5.97. The highest BCUT2D eigenvalue weighted by molar-refractivity contribution is 6.35. The molecule has 0 aliphatic rings. The van der Waals surface area contributed by atoms with Crippen LogP contribution in [-0.2, 0) is 0 Å². The molecule has 12 heavy (non-hydrogen) atoms. The highest BCUT2D eigenvalue weighted by Gasteiger charge is 2.04. The molecule has 1 aromatic carbocycles. The first-order valence-electron chi connectivity index (χ1n) is 3.71. The lowest BCUT2D eigenvalue weighted by Crippen LogP contribution is -2.05. The van der Waals surface area contributed by atoms with E-state index in [1.807, 2.05) is 31.3 Å². The van der Waals surface area contributed by atoms with Crippen LogP contribution in [0.5, 0.6) is 0 Å². The summed E-state index contributed by atoms with van der Waals surface area (Å²) in [4.78, 5) is 0. The fraction of sp³-hybridized carbons (Fsp3) is 0.111. The van der Waals surface area contributed by atoms with Gasteiger partial charge in [-0.3, -0.25) is 4.68 Å². The summed E-state index contributed by atoms with van der Waals surface area (Å²) in [5.74, 6) is 5.70. The van der Waals surface area contributed by atoms with Crippen LogP contribution >= 0.6 is 11.6 Å². The highest BCUT2D eigenvalue weighted by atomic mass is 35.5. The smallest absolute Gasteiger partial charge is 0.0734 e. The van der Waals surface area contributed by atoms with Gasteiger partial charge in [-0.15, -0.1) is 0 Å². The van der Waals surface area contributed by atoms with Gasteiger partial charge in [-0.1, -0.05) is 17.7 Å². The van der Waals surface area contributed by atoms with Crippen molar-refractivity contribution in [2.45, 2.75) is 6.92 Å². The van der Waals surface area contributed by atoms with Gasteiger partial charge in [0, 0.05) is 11.6 Å². The maximum Gasteiger partial charge on any atom is 0.0734 e.